The Kier molecular flexibility index (Phi) is 4.55. The lowest BCUT2D eigenvalue weighted by atomic mass is 10.0. The fourth-order valence-corrected chi connectivity index (χ4v) is 4.45. The Morgan fingerprint density at radius 1 is 1.30 bits per heavy atom. The lowest BCUT2D eigenvalue weighted by Crippen LogP contribution is -2.28. The van der Waals surface area contributed by atoms with Gasteiger partial charge in [-0.05, 0) is 23.4 Å². The van der Waals surface area contributed by atoms with Crippen LogP contribution in [0.15, 0.2) is 36.7 Å². The molecule has 0 saturated carbocycles. The maximum atomic E-state index is 12.0. The lowest BCUT2D eigenvalue weighted by molar-refractivity contribution is -0.127. The van der Waals surface area contributed by atoms with Gasteiger partial charge in [-0.1, -0.05) is 18.2 Å². The predicted molar refractivity (Wildman–Crippen MR) is 89.8 cm³/mol. The number of nitrogens with zero attached hydrogens (tertiary/aromatic N) is 2. The van der Waals surface area contributed by atoms with Crippen molar-refractivity contribution in [1.29, 1.82) is 0 Å². The number of likely N-dealkylation sites (tertiary alicyclic amines) is 1. The molecule has 23 heavy (non-hydrogen) atoms. The maximum absolute atomic E-state index is 12.0. The molecule has 3 rings (SSSR count). The Bertz CT molecular complexity index is 833. The highest BCUT2D eigenvalue weighted by Crippen LogP contribution is 2.23. The highest BCUT2D eigenvalue weighted by molar-refractivity contribution is 8.13. The molecule has 1 amide bonds. The Labute approximate surface area is 139 Å². The highest BCUT2D eigenvalue weighted by Gasteiger charge is 2.31. The molecular formula is C16H17ClN2O3S. The number of hydrogen-bond acceptors (Lipinski definition) is 4. The van der Waals surface area contributed by atoms with E-state index in [2.05, 4.69) is 4.98 Å². The molecule has 0 spiro atoms. The van der Waals surface area contributed by atoms with Gasteiger partial charge in [0.05, 0.1) is 5.75 Å². The van der Waals surface area contributed by atoms with Gasteiger partial charge in [-0.25, -0.2) is 8.42 Å². The molecule has 0 bridgehead atoms. The number of carbonyl (C=O) groups is 1. The van der Waals surface area contributed by atoms with E-state index in [-0.39, 0.29) is 24.0 Å². The van der Waals surface area contributed by atoms with Gasteiger partial charge in [0.25, 0.3) is 0 Å². The lowest BCUT2D eigenvalue weighted by Gasteiger charge is -2.17. The van der Waals surface area contributed by atoms with Gasteiger partial charge >= 0.3 is 0 Å². The first-order chi connectivity index (χ1) is 10.9. The summed E-state index contributed by atoms with van der Waals surface area (Å²) in [6.45, 7) is 1.04. The third kappa shape index (κ3) is 4.00. The number of carbonyl (C=O) groups excluding carboxylic acids is 1. The van der Waals surface area contributed by atoms with Crippen molar-refractivity contribution in [3.8, 4) is 0 Å². The second-order valence-electron chi connectivity index (χ2n) is 5.88. The summed E-state index contributed by atoms with van der Waals surface area (Å²) in [4.78, 5) is 17.9. The van der Waals surface area contributed by atoms with Crippen LogP contribution in [-0.4, -0.2) is 43.1 Å². The first-order valence-electron chi connectivity index (χ1n) is 7.44. The molecular weight excluding hydrogens is 336 g/mol. The third-order valence-electron chi connectivity index (χ3n) is 4.15. The van der Waals surface area contributed by atoms with E-state index in [1.165, 1.54) is 0 Å². The minimum Gasteiger partial charge on any atom is -0.342 e. The van der Waals surface area contributed by atoms with Crippen molar-refractivity contribution in [2.45, 2.75) is 12.8 Å². The van der Waals surface area contributed by atoms with Gasteiger partial charge in [0, 0.05) is 53.9 Å². The van der Waals surface area contributed by atoms with Crippen molar-refractivity contribution in [1.82, 2.24) is 9.88 Å². The number of halogens is 1. The molecule has 2 aromatic rings. The quantitative estimate of drug-likeness (QED) is 0.774. The van der Waals surface area contributed by atoms with Crippen LogP contribution in [0.25, 0.3) is 10.8 Å². The Morgan fingerprint density at radius 3 is 2.91 bits per heavy atom. The van der Waals surface area contributed by atoms with Crippen molar-refractivity contribution in [2.24, 2.45) is 5.92 Å². The second-order valence-corrected chi connectivity index (χ2v) is 8.70. The van der Waals surface area contributed by atoms with E-state index in [1.807, 2.05) is 30.5 Å². The molecule has 1 aliphatic rings. The van der Waals surface area contributed by atoms with Crippen LogP contribution in [0.3, 0.4) is 0 Å². The molecule has 1 atom stereocenters. The zero-order valence-electron chi connectivity index (χ0n) is 12.5. The van der Waals surface area contributed by atoms with Crippen LogP contribution in [-0.2, 0) is 20.3 Å². The van der Waals surface area contributed by atoms with E-state index in [1.54, 1.807) is 11.1 Å². The molecule has 0 radical (unpaired) electrons. The fourth-order valence-electron chi connectivity index (χ4n) is 3.13. The zero-order chi connectivity index (χ0) is 16.4. The first kappa shape index (κ1) is 16.2. The summed E-state index contributed by atoms with van der Waals surface area (Å²) >= 11 is 0. The first-order valence-corrected chi connectivity index (χ1v) is 9.92. The van der Waals surface area contributed by atoms with Crippen LogP contribution in [0.4, 0.5) is 0 Å². The monoisotopic (exact) mass is 352 g/mol. The molecule has 1 unspecified atom stereocenters. The van der Waals surface area contributed by atoms with Crippen molar-refractivity contribution >= 4 is 36.4 Å². The second kappa shape index (κ2) is 6.45. The minimum absolute atomic E-state index is 0.00257. The van der Waals surface area contributed by atoms with E-state index in [9.17, 15) is 13.2 Å². The summed E-state index contributed by atoms with van der Waals surface area (Å²) in [6, 6.07) is 8.01. The maximum Gasteiger partial charge on any atom is 0.232 e. The van der Waals surface area contributed by atoms with Crippen molar-refractivity contribution in [3.05, 3.63) is 42.2 Å². The van der Waals surface area contributed by atoms with Crippen molar-refractivity contribution < 1.29 is 13.2 Å². The van der Waals surface area contributed by atoms with Gasteiger partial charge in [0.1, 0.15) is 0 Å². The minimum atomic E-state index is -3.56. The van der Waals surface area contributed by atoms with E-state index in [0.717, 1.165) is 22.8 Å². The molecule has 7 heteroatoms. The van der Waals surface area contributed by atoms with Gasteiger partial charge in [0.2, 0.25) is 15.0 Å². The Morgan fingerprint density at radius 2 is 2.13 bits per heavy atom. The number of rotatable bonds is 5. The predicted octanol–water partition coefficient (Wildman–Crippen LogP) is 2.19. The van der Waals surface area contributed by atoms with Crippen molar-refractivity contribution in [3.63, 3.8) is 0 Å². The molecule has 1 aromatic heterocycles. The topological polar surface area (TPSA) is 67.3 Å². The summed E-state index contributed by atoms with van der Waals surface area (Å²) in [7, 11) is 1.72. The van der Waals surface area contributed by atoms with Gasteiger partial charge in [-0.3, -0.25) is 9.78 Å². The summed E-state index contributed by atoms with van der Waals surface area (Å²) in [5.41, 5.74) is 1.16. The van der Waals surface area contributed by atoms with Crippen LogP contribution in [0.1, 0.15) is 12.0 Å². The normalized spacial score (nSPS) is 18.7. The van der Waals surface area contributed by atoms with Crippen LogP contribution < -0.4 is 0 Å². The average Bonchev–Trinajstić information content (AvgIpc) is 2.82. The standard InChI is InChI=1S/C16H17ClN2O3S/c17-23(21,22)11-12-8-16(20)19(10-12)7-5-13-2-1-3-14-9-18-6-4-15(13)14/h1-4,6,9,12H,5,7-8,10-11H2. The molecule has 122 valence electrons. The Balaban J connectivity index is 1.67. The van der Waals surface area contributed by atoms with Crippen LogP contribution >= 0.6 is 10.7 Å². The Hall–Kier alpha value is -1.66. The van der Waals surface area contributed by atoms with E-state index in [4.69, 9.17) is 10.7 Å². The number of benzene rings is 1. The van der Waals surface area contributed by atoms with Gasteiger partial charge < -0.3 is 4.90 Å². The van der Waals surface area contributed by atoms with E-state index in [0.29, 0.717) is 13.1 Å². The molecule has 1 aromatic carbocycles. The molecule has 0 N–H and O–H groups in total. The summed E-state index contributed by atoms with van der Waals surface area (Å²) in [5, 5.41) is 2.21. The number of pyridine rings is 1. The van der Waals surface area contributed by atoms with Gasteiger partial charge in [0.15, 0.2) is 0 Å². The summed E-state index contributed by atoms with van der Waals surface area (Å²) in [6.07, 6.45) is 4.56. The summed E-state index contributed by atoms with van der Waals surface area (Å²) < 4.78 is 22.3. The molecule has 1 aliphatic heterocycles. The largest absolute Gasteiger partial charge is 0.342 e. The summed E-state index contributed by atoms with van der Waals surface area (Å²) in [5.74, 6) is -0.351. The third-order valence-corrected chi connectivity index (χ3v) is 5.40. The molecule has 0 aliphatic carbocycles. The SMILES string of the molecule is O=C1CC(CS(=O)(=O)Cl)CN1CCc1cccc2cnccc12. The number of amides is 1. The van der Waals surface area contributed by atoms with Crippen LogP contribution in [0.2, 0.25) is 0 Å². The van der Waals surface area contributed by atoms with E-state index >= 15 is 0 Å². The average molecular weight is 353 g/mol. The number of fused-ring (bicyclic) bond motifs is 1. The molecule has 1 saturated heterocycles. The molecule has 5 nitrogen and oxygen atoms in total. The number of hydrogen-bond donors (Lipinski definition) is 0. The van der Waals surface area contributed by atoms with Gasteiger partial charge in [-0.15, -0.1) is 0 Å². The number of aromatic nitrogens is 1. The molecule has 2 heterocycles. The van der Waals surface area contributed by atoms with Crippen molar-refractivity contribution in [2.75, 3.05) is 18.8 Å². The smallest absolute Gasteiger partial charge is 0.232 e. The van der Waals surface area contributed by atoms with Crippen LogP contribution in [0.5, 0.6) is 0 Å². The molecule has 1 fully saturated rings. The fraction of sp³-hybridized carbons (Fsp3) is 0.375. The van der Waals surface area contributed by atoms with Crippen LogP contribution in [0, 0.1) is 5.92 Å². The zero-order valence-corrected chi connectivity index (χ0v) is 14.1. The van der Waals surface area contributed by atoms with Gasteiger partial charge in [-0.2, -0.15) is 0 Å². The highest BCUT2D eigenvalue weighted by atomic mass is 35.7. The van der Waals surface area contributed by atoms with E-state index < -0.39 is 9.05 Å².